The third kappa shape index (κ3) is 9.29. The van der Waals surface area contributed by atoms with Gasteiger partial charge in [0.25, 0.3) is 11.8 Å². The second kappa shape index (κ2) is 18.9. The van der Waals surface area contributed by atoms with Gasteiger partial charge in [0.2, 0.25) is 0 Å². The summed E-state index contributed by atoms with van der Waals surface area (Å²) in [6.07, 6.45) is 4.57. The molecule has 7 rings (SSSR count). The number of amides is 3. The van der Waals surface area contributed by atoms with E-state index < -0.39 is 12.1 Å². The van der Waals surface area contributed by atoms with E-state index in [1.807, 2.05) is 37.1 Å². The van der Waals surface area contributed by atoms with Gasteiger partial charge in [-0.25, -0.2) is 9.59 Å². The summed E-state index contributed by atoms with van der Waals surface area (Å²) >= 11 is 0. The summed E-state index contributed by atoms with van der Waals surface area (Å²) in [4.78, 5) is 65.3. The third-order valence-corrected chi connectivity index (χ3v) is 12.7. The molecule has 1 atom stereocenters. The Bertz CT molecular complexity index is 2220. The van der Waals surface area contributed by atoms with Crippen molar-refractivity contribution in [3.63, 3.8) is 0 Å². The molecule has 4 aromatic rings. The van der Waals surface area contributed by atoms with Crippen molar-refractivity contribution in [3.8, 4) is 17.0 Å². The Balaban J connectivity index is 1.27. The predicted molar refractivity (Wildman–Crippen MR) is 233 cm³/mol. The first-order valence-corrected chi connectivity index (χ1v) is 21.7. The first kappa shape index (κ1) is 42.7. The lowest BCUT2D eigenvalue weighted by molar-refractivity contribution is 0.0535. The van der Waals surface area contributed by atoms with E-state index in [9.17, 15) is 19.5 Å². The van der Waals surface area contributed by atoms with Crippen LogP contribution in [0.15, 0.2) is 66.7 Å². The van der Waals surface area contributed by atoms with Gasteiger partial charge in [0.1, 0.15) is 5.75 Å². The van der Waals surface area contributed by atoms with E-state index in [4.69, 9.17) is 4.74 Å². The zero-order valence-corrected chi connectivity index (χ0v) is 35.9. The Morgan fingerprint density at radius 3 is 2.20 bits per heavy atom. The van der Waals surface area contributed by atoms with Crippen LogP contribution >= 0.6 is 0 Å². The number of benzene rings is 3. The lowest BCUT2D eigenvalue weighted by Gasteiger charge is -2.42. The molecule has 1 saturated heterocycles. The summed E-state index contributed by atoms with van der Waals surface area (Å²) < 4.78 is 7.73. The second-order valence-electron chi connectivity index (χ2n) is 16.8. The molecule has 1 aromatic heterocycles. The molecular weight excluding hydrogens is 757 g/mol. The molecule has 0 bridgehead atoms. The van der Waals surface area contributed by atoms with E-state index in [2.05, 4.69) is 64.4 Å². The minimum Gasteiger partial charge on any atom is -0.478 e. The number of aromatic nitrogens is 1. The number of carboxylic acid groups (broad SMARTS) is 1. The van der Waals surface area contributed by atoms with Crippen LogP contribution in [-0.2, 0) is 33.0 Å². The lowest BCUT2D eigenvalue weighted by Crippen LogP contribution is -2.53. The van der Waals surface area contributed by atoms with Gasteiger partial charge in [0, 0.05) is 101 Å². The summed E-state index contributed by atoms with van der Waals surface area (Å²) in [5.74, 6) is -1.01. The Labute approximate surface area is 354 Å². The molecule has 4 heterocycles. The van der Waals surface area contributed by atoms with E-state index in [0.717, 1.165) is 98.5 Å². The number of rotatable bonds is 13. The summed E-state index contributed by atoms with van der Waals surface area (Å²) in [7, 11) is 4.12. The number of carbonyl (C=O) groups excluding carboxylic acids is 3. The van der Waals surface area contributed by atoms with E-state index in [1.165, 1.54) is 17.7 Å². The van der Waals surface area contributed by atoms with E-state index in [0.29, 0.717) is 43.7 Å². The zero-order chi connectivity index (χ0) is 42.5. The quantitative estimate of drug-likeness (QED) is 0.152. The van der Waals surface area contributed by atoms with Gasteiger partial charge in [-0.05, 0) is 98.3 Å². The van der Waals surface area contributed by atoms with Gasteiger partial charge >= 0.3 is 12.1 Å². The topological polar surface area (TPSA) is 119 Å². The molecule has 0 saturated carbocycles. The second-order valence-corrected chi connectivity index (χ2v) is 16.8. The van der Waals surface area contributed by atoms with E-state index in [1.54, 1.807) is 17.0 Å². The fourth-order valence-corrected chi connectivity index (χ4v) is 8.84. The largest absolute Gasteiger partial charge is 0.478 e. The molecule has 0 aliphatic carbocycles. The van der Waals surface area contributed by atoms with Crippen molar-refractivity contribution in [2.45, 2.75) is 78.4 Å². The van der Waals surface area contributed by atoms with Crippen LogP contribution in [0.4, 0.5) is 4.79 Å². The number of nitrogens with zero attached hydrogens (tertiary/aromatic N) is 6. The highest BCUT2D eigenvalue weighted by Gasteiger charge is 2.35. The van der Waals surface area contributed by atoms with E-state index >= 15 is 4.79 Å². The molecule has 0 radical (unpaired) electrons. The fourth-order valence-electron chi connectivity index (χ4n) is 8.84. The van der Waals surface area contributed by atoms with Crippen LogP contribution in [0, 0.1) is 6.92 Å². The molecule has 1 fully saturated rings. The Hall–Kier alpha value is -5.46. The molecule has 318 valence electrons. The van der Waals surface area contributed by atoms with Gasteiger partial charge in [0.05, 0.1) is 11.1 Å². The number of likely N-dealkylation sites (N-methyl/N-ethyl adjacent to an activating group) is 1. The number of hydrogen-bond acceptors (Lipinski definition) is 7. The number of carbonyl (C=O) groups is 4. The number of fused-ring (bicyclic) bond motifs is 2. The van der Waals surface area contributed by atoms with Gasteiger partial charge in [-0.2, -0.15) is 0 Å². The van der Waals surface area contributed by atoms with Gasteiger partial charge < -0.3 is 34.0 Å². The molecule has 12 nitrogen and oxygen atoms in total. The SMILES string of the molecule is CCCCN(CCCC)C(=O)c1cc(-c2cc3c(cc2C(=O)N2Cc4ccccc4C[C@H]2CN2CCN(C)CC2)CN(C(=O)Oc2cccc(C(=O)O)c2)CC3)n(C)c1C. The van der Waals surface area contributed by atoms with Gasteiger partial charge in [-0.1, -0.05) is 57.0 Å². The predicted octanol–water partition coefficient (Wildman–Crippen LogP) is 7.11. The van der Waals surface area contributed by atoms with Gasteiger partial charge in [-0.3, -0.25) is 14.5 Å². The highest BCUT2D eigenvalue weighted by Crippen LogP contribution is 2.36. The number of hydrogen-bond donors (Lipinski definition) is 1. The van der Waals surface area contributed by atoms with Crippen LogP contribution in [0.3, 0.4) is 0 Å². The number of carboxylic acids is 1. The average molecular weight is 817 g/mol. The minimum atomic E-state index is -1.11. The minimum absolute atomic E-state index is 0.0185. The number of unbranched alkanes of at least 4 members (excludes halogenated alkanes) is 2. The van der Waals surface area contributed by atoms with Gasteiger partial charge in [-0.15, -0.1) is 0 Å². The maximum absolute atomic E-state index is 15.5. The monoisotopic (exact) mass is 816 g/mol. The van der Waals surface area contributed by atoms with Crippen molar-refractivity contribution in [3.05, 3.63) is 111 Å². The summed E-state index contributed by atoms with van der Waals surface area (Å²) in [6, 6.07) is 20.3. The van der Waals surface area contributed by atoms with Crippen molar-refractivity contribution < 1.29 is 29.0 Å². The molecule has 3 amide bonds. The Morgan fingerprint density at radius 2 is 1.50 bits per heavy atom. The summed E-state index contributed by atoms with van der Waals surface area (Å²) in [5, 5.41) is 9.47. The molecule has 3 aromatic carbocycles. The van der Waals surface area contributed by atoms with Crippen molar-refractivity contribution in [1.82, 2.24) is 29.1 Å². The first-order chi connectivity index (χ1) is 28.9. The number of piperazine rings is 1. The maximum Gasteiger partial charge on any atom is 0.415 e. The van der Waals surface area contributed by atoms with Crippen LogP contribution in [0.25, 0.3) is 11.3 Å². The Kier molecular flexibility index (Phi) is 13.4. The molecule has 1 N–H and O–H groups in total. The van der Waals surface area contributed by atoms with Crippen LogP contribution in [0.1, 0.15) is 98.6 Å². The molecule has 12 heteroatoms. The number of ether oxygens (including phenoxy) is 1. The van der Waals surface area contributed by atoms with E-state index in [-0.39, 0.29) is 35.7 Å². The molecule has 60 heavy (non-hydrogen) atoms. The van der Waals surface area contributed by atoms with Crippen molar-refractivity contribution in [1.29, 1.82) is 0 Å². The highest BCUT2D eigenvalue weighted by atomic mass is 16.6. The maximum atomic E-state index is 15.5. The van der Waals surface area contributed by atoms with Crippen LogP contribution < -0.4 is 4.74 Å². The first-order valence-electron chi connectivity index (χ1n) is 21.7. The summed E-state index contributed by atoms with van der Waals surface area (Å²) in [6.45, 7) is 13.4. The highest BCUT2D eigenvalue weighted by molar-refractivity contribution is 6.03. The molecular formula is C48H60N6O6. The standard InChI is InChI=1S/C48H60N6O6/c1-6-8-18-52(19-9-7-2)45(55)41-29-44(50(5)33(41)3)42-27-35-17-20-53(48(59)60-40-16-12-15-36(26-40)47(57)58)30-38(35)28-43(42)46(56)54-31-37-14-11-10-13-34(37)25-39(54)32-51-23-21-49(4)22-24-51/h10-16,26-29,39H,6-9,17-25,30-32H2,1-5H3,(H,57,58)/t39-/m0/s1. The van der Waals surface area contributed by atoms with Crippen LogP contribution in [-0.4, -0.2) is 123 Å². The van der Waals surface area contributed by atoms with Crippen molar-refractivity contribution in [2.24, 2.45) is 7.05 Å². The van der Waals surface area contributed by atoms with Gasteiger partial charge in [0.15, 0.2) is 0 Å². The Morgan fingerprint density at radius 1 is 0.783 bits per heavy atom. The molecule has 3 aliphatic rings. The third-order valence-electron chi connectivity index (χ3n) is 12.7. The van der Waals surface area contributed by atoms with Crippen molar-refractivity contribution >= 4 is 23.9 Å². The zero-order valence-electron chi connectivity index (χ0n) is 35.9. The summed E-state index contributed by atoms with van der Waals surface area (Å²) in [5.41, 5.74) is 7.93. The van der Waals surface area contributed by atoms with Crippen LogP contribution in [0.2, 0.25) is 0 Å². The molecule has 0 unspecified atom stereocenters. The van der Waals surface area contributed by atoms with Crippen molar-refractivity contribution in [2.75, 3.05) is 59.4 Å². The molecule has 0 spiro atoms. The molecule has 3 aliphatic heterocycles. The smallest absolute Gasteiger partial charge is 0.415 e. The fraction of sp³-hybridized carbons (Fsp3) is 0.458. The average Bonchev–Trinajstić information content (AvgIpc) is 3.55. The normalized spacial score (nSPS) is 16.9. The lowest BCUT2D eigenvalue weighted by atomic mass is 9.89. The number of aromatic carboxylic acids is 1. The van der Waals surface area contributed by atoms with Crippen LogP contribution in [0.5, 0.6) is 5.75 Å².